The first-order chi connectivity index (χ1) is 13.2. The Kier molecular flexibility index (Phi) is 5.53. The minimum absolute atomic E-state index is 0.541. The third-order valence-corrected chi connectivity index (χ3v) is 7.06. The van der Waals surface area contributed by atoms with Crippen LogP contribution in [-0.2, 0) is 0 Å². The molecule has 0 atom stereocenters. The van der Waals surface area contributed by atoms with Gasteiger partial charge in [0.1, 0.15) is 0 Å². The predicted octanol–water partition coefficient (Wildman–Crippen LogP) is 5.30. The number of nitrogens with zero attached hydrogens (tertiary/aromatic N) is 3. The highest BCUT2D eigenvalue weighted by molar-refractivity contribution is 5.99. The van der Waals surface area contributed by atoms with Gasteiger partial charge in [-0.2, -0.15) is 0 Å². The molecular formula is C23H33N3O. The highest BCUT2D eigenvalue weighted by atomic mass is 16.4. The molecule has 4 rings (SSSR count). The number of para-hydroxylation sites is 1. The molecule has 1 saturated carbocycles. The Balaban J connectivity index is 1.42. The number of hydrogen-bond donors (Lipinski definition) is 1. The Morgan fingerprint density at radius 3 is 2.37 bits per heavy atom. The molecule has 1 aliphatic carbocycles. The van der Waals surface area contributed by atoms with Crippen LogP contribution in [0, 0.1) is 11.8 Å². The molecule has 4 heteroatoms. The van der Waals surface area contributed by atoms with Crippen molar-refractivity contribution in [2.75, 3.05) is 13.1 Å². The lowest BCUT2D eigenvalue weighted by Crippen LogP contribution is -2.43. The van der Waals surface area contributed by atoms with Crippen LogP contribution in [0.2, 0.25) is 0 Å². The zero-order valence-electron chi connectivity index (χ0n) is 16.7. The van der Waals surface area contributed by atoms with Crippen LogP contribution < -0.4 is 0 Å². The molecule has 1 N–H and O–H groups in total. The van der Waals surface area contributed by atoms with Gasteiger partial charge < -0.3 is 14.7 Å². The Hall–Kier alpha value is -1.81. The maximum absolute atomic E-state index is 8.98. The van der Waals surface area contributed by atoms with Crippen molar-refractivity contribution in [2.24, 2.45) is 17.0 Å². The number of hydrogen-bond acceptors (Lipinski definition) is 3. The average molecular weight is 368 g/mol. The van der Waals surface area contributed by atoms with Gasteiger partial charge in [-0.3, -0.25) is 0 Å². The van der Waals surface area contributed by atoms with Crippen molar-refractivity contribution in [2.45, 2.75) is 64.5 Å². The van der Waals surface area contributed by atoms with Crippen molar-refractivity contribution >= 4 is 17.1 Å². The van der Waals surface area contributed by atoms with Gasteiger partial charge in [-0.25, -0.2) is 0 Å². The van der Waals surface area contributed by atoms with E-state index in [0.29, 0.717) is 6.04 Å². The minimum atomic E-state index is 0.541. The number of piperidine rings is 1. The molecule has 0 radical (unpaired) electrons. The van der Waals surface area contributed by atoms with Crippen molar-refractivity contribution in [3.05, 3.63) is 36.0 Å². The molecule has 1 aliphatic heterocycles. The van der Waals surface area contributed by atoms with Crippen LogP contribution in [0.3, 0.4) is 0 Å². The second-order valence-electron chi connectivity index (χ2n) is 8.83. The number of rotatable bonds is 4. The zero-order chi connectivity index (χ0) is 18.8. The SMILES string of the molecule is CC(C)[C@H]1CC[C@@H](N2CCC(n3cc(C=NO)c4ccccc43)CC2)CC1. The third-order valence-electron chi connectivity index (χ3n) is 7.06. The summed E-state index contributed by atoms with van der Waals surface area (Å²) in [5, 5.41) is 13.4. The summed E-state index contributed by atoms with van der Waals surface area (Å²) in [5.41, 5.74) is 2.26. The largest absolute Gasteiger partial charge is 0.411 e. The topological polar surface area (TPSA) is 40.8 Å². The summed E-state index contributed by atoms with van der Waals surface area (Å²) >= 11 is 0. The Labute approximate surface area is 162 Å². The molecule has 146 valence electrons. The monoisotopic (exact) mass is 367 g/mol. The van der Waals surface area contributed by atoms with Crippen LogP contribution in [0.15, 0.2) is 35.6 Å². The van der Waals surface area contributed by atoms with Gasteiger partial charge in [-0.05, 0) is 56.4 Å². The van der Waals surface area contributed by atoms with Gasteiger partial charge in [0.2, 0.25) is 0 Å². The first-order valence-electron chi connectivity index (χ1n) is 10.7. The molecule has 2 heterocycles. The Morgan fingerprint density at radius 1 is 1.00 bits per heavy atom. The van der Waals surface area contributed by atoms with Gasteiger partial charge in [0.05, 0.1) is 6.21 Å². The van der Waals surface area contributed by atoms with E-state index in [1.807, 2.05) is 0 Å². The van der Waals surface area contributed by atoms with Crippen LogP contribution >= 0.6 is 0 Å². The molecule has 0 unspecified atom stereocenters. The molecular weight excluding hydrogens is 334 g/mol. The molecule has 2 aromatic rings. The first-order valence-corrected chi connectivity index (χ1v) is 10.7. The normalized spacial score (nSPS) is 25.7. The van der Waals surface area contributed by atoms with E-state index < -0.39 is 0 Å². The maximum atomic E-state index is 8.98. The Morgan fingerprint density at radius 2 is 1.70 bits per heavy atom. The van der Waals surface area contributed by atoms with Crippen LogP contribution in [-0.4, -0.2) is 40.0 Å². The van der Waals surface area contributed by atoms with Gasteiger partial charge >= 0.3 is 0 Å². The summed E-state index contributed by atoms with van der Waals surface area (Å²) in [7, 11) is 0. The standard InChI is InChI=1S/C23H33N3O/c1-17(2)18-7-9-20(10-8-18)25-13-11-21(12-14-25)26-16-19(15-24-27)22-5-3-4-6-23(22)26/h3-6,15-18,20-21,27H,7-14H2,1-2H3/t18-,20+. The highest BCUT2D eigenvalue weighted by Crippen LogP contribution is 2.35. The molecule has 2 aliphatic rings. The number of oxime groups is 1. The van der Waals surface area contributed by atoms with E-state index in [9.17, 15) is 0 Å². The summed E-state index contributed by atoms with van der Waals surface area (Å²) in [6.07, 6.45) is 11.7. The van der Waals surface area contributed by atoms with E-state index in [1.165, 1.54) is 62.5 Å². The number of likely N-dealkylation sites (tertiary alicyclic amines) is 1. The smallest absolute Gasteiger partial charge is 0.0755 e. The molecule has 0 amide bonds. The Bertz CT molecular complexity index is 778. The molecule has 27 heavy (non-hydrogen) atoms. The van der Waals surface area contributed by atoms with Crippen molar-refractivity contribution < 1.29 is 5.21 Å². The van der Waals surface area contributed by atoms with E-state index >= 15 is 0 Å². The fourth-order valence-electron chi connectivity index (χ4n) is 5.36. The predicted molar refractivity (Wildman–Crippen MR) is 112 cm³/mol. The molecule has 0 bridgehead atoms. The number of aromatic nitrogens is 1. The van der Waals surface area contributed by atoms with Crippen molar-refractivity contribution in [1.29, 1.82) is 0 Å². The van der Waals surface area contributed by atoms with E-state index in [4.69, 9.17) is 5.21 Å². The van der Waals surface area contributed by atoms with Gasteiger partial charge in [0.25, 0.3) is 0 Å². The average Bonchev–Trinajstić information content (AvgIpc) is 3.07. The van der Waals surface area contributed by atoms with E-state index in [2.05, 4.69) is 58.9 Å². The van der Waals surface area contributed by atoms with Gasteiger partial charge in [0, 0.05) is 47.8 Å². The zero-order valence-corrected chi connectivity index (χ0v) is 16.7. The second-order valence-corrected chi connectivity index (χ2v) is 8.83. The summed E-state index contributed by atoms with van der Waals surface area (Å²) in [6, 6.07) is 9.80. The van der Waals surface area contributed by atoms with E-state index in [0.717, 1.165) is 23.4 Å². The molecule has 2 fully saturated rings. The third kappa shape index (κ3) is 3.77. The molecule has 4 nitrogen and oxygen atoms in total. The second kappa shape index (κ2) is 8.05. The molecule has 1 aromatic heterocycles. The summed E-state index contributed by atoms with van der Waals surface area (Å²) in [5.74, 6) is 1.78. The summed E-state index contributed by atoms with van der Waals surface area (Å²) < 4.78 is 2.42. The fraction of sp³-hybridized carbons (Fsp3) is 0.609. The van der Waals surface area contributed by atoms with Crippen LogP contribution in [0.25, 0.3) is 10.9 Å². The van der Waals surface area contributed by atoms with Crippen LogP contribution in [0.1, 0.15) is 64.0 Å². The lowest BCUT2D eigenvalue weighted by atomic mass is 9.79. The molecule has 1 saturated heterocycles. The lowest BCUT2D eigenvalue weighted by Gasteiger charge is -2.42. The number of fused-ring (bicyclic) bond motifs is 1. The van der Waals surface area contributed by atoms with E-state index in [1.54, 1.807) is 6.21 Å². The van der Waals surface area contributed by atoms with Crippen molar-refractivity contribution in [3.8, 4) is 0 Å². The minimum Gasteiger partial charge on any atom is -0.411 e. The summed E-state index contributed by atoms with van der Waals surface area (Å²) in [6.45, 7) is 7.18. The van der Waals surface area contributed by atoms with Crippen LogP contribution in [0.5, 0.6) is 0 Å². The molecule has 0 spiro atoms. The highest BCUT2D eigenvalue weighted by Gasteiger charge is 2.30. The quantitative estimate of drug-likeness (QED) is 0.452. The van der Waals surface area contributed by atoms with Crippen molar-refractivity contribution in [1.82, 2.24) is 9.47 Å². The fourth-order valence-corrected chi connectivity index (χ4v) is 5.36. The lowest BCUT2D eigenvalue weighted by molar-refractivity contribution is 0.0894. The van der Waals surface area contributed by atoms with E-state index in [-0.39, 0.29) is 0 Å². The van der Waals surface area contributed by atoms with Gasteiger partial charge in [-0.15, -0.1) is 0 Å². The molecule has 1 aromatic carbocycles. The van der Waals surface area contributed by atoms with Crippen LogP contribution in [0.4, 0.5) is 0 Å². The number of benzene rings is 1. The van der Waals surface area contributed by atoms with Gasteiger partial charge in [-0.1, -0.05) is 37.2 Å². The van der Waals surface area contributed by atoms with Crippen molar-refractivity contribution in [3.63, 3.8) is 0 Å². The summed E-state index contributed by atoms with van der Waals surface area (Å²) in [4.78, 5) is 2.76. The maximum Gasteiger partial charge on any atom is 0.0755 e. The van der Waals surface area contributed by atoms with Gasteiger partial charge in [0.15, 0.2) is 0 Å². The first kappa shape index (κ1) is 18.5.